The summed E-state index contributed by atoms with van der Waals surface area (Å²) >= 11 is 0. The number of ether oxygens (including phenoxy) is 1. The predicted octanol–water partition coefficient (Wildman–Crippen LogP) is 4.32. The molecule has 1 aromatic carbocycles. The lowest BCUT2D eigenvalue weighted by atomic mass is 10.2. The third kappa shape index (κ3) is 10.6. The first-order valence-electron chi connectivity index (χ1n) is 10.5. The van der Waals surface area contributed by atoms with Gasteiger partial charge in [0.1, 0.15) is 5.76 Å². The van der Waals surface area contributed by atoms with Crippen LogP contribution in [0.5, 0.6) is 0 Å². The lowest BCUT2D eigenvalue weighted by Gasteiger charge is -2.16. The maximum absolute atomic E-state index is 12.2. The van der Waals surface area contributed by atoms with E-state index in [0.717, 1.165) is 22.6 Å². The number of nitrogens with one attached hydrogen (secondary N) is 3. The largest absolute Gasteiger partial charge is 0.497 e. The molecule has 1 aromatic rings. The van der Waals surface area contributed by atoms with Gasteiger partial charge in [-0.2, -0.15) is 0 Å². The first-order valence-corrected chi connectivity index (χ1v) is 10.5. The first kappa shape index (κ1) is 26.7. The molecule has 172 valence electrons. The minimum atomic E-state index is -0.918. The van der Waals surface area contributed by atoms with Crippen molar-refractivity contribution in [2.24, 2.45) is 0 Å². The van der Waals surface area contributed by atoms with Gasteiger partial charge in [0.25, 0.3) is 5.91 Å². The smallest absolute Gasteiger partial charge is 0.251 e. The van der Waals surface area contributed by atoms with E-state index in [4.69, 9.17) is 4.74 Å². The minimum Gasteiger partial charge on any atom is -0.497 e. The van der Waals surface area contributed by atoms with Gasteiger partial charge in [-0.25, -0.2) is 0 Å². The number of benzene rings is 1. The van der Waals surface area contributed by atoms with Crippen molar-refractivity contribution >= 4 is 11.6 Å². The van der Waals surface area contributed by atoms with E-state index in [1.54, 1.807) is 19.3 Å². The fraction of sp³-hybridized carbons (Fsp3) is 0.269. The number of aliphatic hydroxyl groups excluding tert-OH is 1. The number of amides is 1. The Hall–Kier alpha value is -3.35. The van der Waals surface area contributed by atoms with Gasteiger partial charge in [-0.1, -0.05) is 55.2 Å². The number of hydrogen-bond acceptors (Lipinski definition) is 5. The second kappa shape index (κ2) is 15.5. The van der Waals surface area contributed by atoms with Crippen molar-refractivity contribution in [1.29, 1.82) is 0 Å². The van der Waals surface area contributed by atoms with Gasteiger partial charge in [0, 0.05) is 24.4 Å². The van der Waals surface area contributed by atoms with Crippen LogP contribution in [0.3, 0.4) is 0 Å². The molecule has 4 N–H and O–H groups in total. The number of methoxy groups -OCH3 is 1. The van der Waals surface area contributed by atoms with Gasteiger partial charge >= 0.3 is 0 Å². The standard InChI is InChI=1S/C26H35N3O3/c1-6-9-12-22(7-2)25(30)27-19-21-14-16-23(17-15-21)29-26(31)28-18-20(4)11-10-13-24(8-3)32-5/h6-10,12-17,26,28-29,31H,2,4,11,18-19H2,1,3,5H3,(H,27,30)/b9-6-,13-10?,22-12+,24-8+. The molecule has 1 atom stereocenters. The molecule has 0 aliphatic heterocycles. The molecule has 1 unspecified atom stereocenters. The van der Waals surface area contributed by atoms with E-state index in [-0.39, 0.29) is 5.91 Å². The maximum Gasteiger partial charge on any atom is 0.251 e. The Morgan fingerprint density at radius 2 is 1.97 bits per heavy atom. The van der Waals surface area contributed by atoms with E-state index in [0.29, 0.717) is 25.1 Å². The number of allylic oxidation sites excluding steroid dienone is 6. The van der Waals surface area contributed by atoms with Gasteiger partial charge in [0.05, 0.1) is 7.11 Å². The third-order valence-electron chi connectivity index (χ3n) is 4.42. The zero-order valence-electron chi connectivity index (χ0n) is 19.2. The molecule has 0 aliphatic rings. The first-order chi connectivity index (χ1) is 15.4. The van der Waals surface area contributed by atoms with Crippen molar-refractivity contribution < 1.29 is 14.6 Å². The number of anilines is 1. The van der Waals surface area contributed by atoms with Crippen LogP contribution < -0.4 is 16.0 Å². The molecule has 0 saturated carbocycles. The SMILES string of the molecule is C=C/C(=C\C=C/C)C(=O)NCc1ccc(NC(O)NCC(=C)CC=C/C(=C\C)OC)cc1. The van der Waals surface area contributed by atoms with E-state index >= 15 is 0 Å². The average molecular weight is 438 g/mol. The van der Waals surface area contributed by atoms with Crippen LogP contribution in [-0.2, 0) is 16.1 Å². The third-order valence-corrected chi connectivity index (χ3v) is 4.42. The molecular formula is C26H35N3O3. The van der Waals surface area contributed by atoms with E-state index in [1.807, 2.05) is 62.4 Å². The van der Waals surface area contributed by atoms with Crippen LogP contribution in [0, 0.1) is 0 Å². The van der Waals surface area contributed by atoms with E-state index in [2.05, 4.69) is 29.1 Å². The van der Waals surface area contributed by atoms with E-state index in [9.17, 15) is 9.90 Å². The van der Waals surface area contributed by atoms with Gasteiger partial charge in [0.2, 0.25) is 0 Å². The fourth-order valence-electron chi connectivity index (χ4n) is 2.59. The molecule has 0 saturated heterocycles. The van der Waals surface area contributed by atoms with Crippen LogP contribution >= 0.6 is 0 Å². The Balaban J connectivity index is 2.44. The Bertz CT molecular complexity index is 865. The van der Waals surface area contributed by atoms with Gasteiger partial charge in [-0.3, -0.25) is 10.1 Å². The monoisotopic (exact) mass is 437 g/mol. The second-order valence-electron chi connectivity index (χ2n) is 6.91. The second-order valence-corrected chi connectivity index (χ2v) is 6.91. The van der Waals surface area contributed by atoms with Gasteiger partial charge in [-0.15, -0.1) is 0 Å². The van der Waals surface area contributed by atoms with E-state index < -0.39 is 6.35 Å². The Labute approximate surface area is 191 Å². The van der Waals surface area contributed by atoms with Crippen molar-refractivity contribution in [1.82, 2.24) is 10.6 Å². The highest BCUT2D eigenvalue weighted by Crippen LogP contribution is 2.11. The maximum atomic E-state index is 12.2. The highest BCUT2D eigenvalue weighted by molar-refractivity contribution is 5.96. The summed E-state index contributed by atoms with van der Waals surface area (Å²) in [5, 5.41) is 19.0. The van der Waals surface area contributed by atoms with Crippen molar-refractivity contribution in [2.45, 2.75) is 33.2 Å². The topological polar surface area (TPSA) is 82.6 Å². The predicted molar refractivity (Wildman–Crippen MR) is 133 cm³/mol. The van der Waals surface area contributed by atoms with E-state index in [1.165, 1.54) is 6.08 Å². The zero-order valence-corrected chi connectivity index (χ0v) is 19.2. The molecule has 0 radical (unpaired) electrons. The Morgan fingerprint density at radius 3 is 2.56 bits per heavy atom. The zero-order chi connectivity index (χ0) is 23.8. The normalized spacial score (nSPS) is 13.2. The van der Waals surface area contributed by atoms with Crippen LogP contribution in [-0.4, -0.2) is 31.0 Å². The molecular weight excluding hydrogens is 402 g/mol. The molecule has 1 amide bonds. The van der Waals surface area contributed by atoms with Gasteiger partial charge in [0.15, 0.2) is 6.35 Å². The summed E-state index contributed by atoms with van der Waals surface area (Å²) in [5.74, 6) is 0.612. The molecule has 6 heteroatoms. The van der Waals surface area contributed by atoms with Crippen LogP contribution in [0.25, 0.3) is 0 Å². The summed E-state index contributed by atoms with van der Waals surface area (Å²) in [7, 11) is 1.63. The Kier molecular flexibility index (Phi) is 12.9. The molecule has 0 fully saturated rings. The summed E-state index contributed by atoms with van der Waals surface area (Å²) in [6.45, 7) is 12.3. The average Bonchev–Trinajstić information content (AvgIpc) is 2.80. The quantitative estimate of drug-likeness (QED) is 0.115. The van der Waals surface area contributed by atoms with Crippen molar-refractivity contribution in [3.05, 3.63) is 102 Å². The lowest BCUT2D eigenvalue weighted by Crippen LogP contribution is -2.37. The molecule has 0 aromatic heterocycles. The molecule has 0 heterocycles. The van der Waals surface area contributed by atoms with Crippen molar-refractivity contribution in [3.8, 4) is 0 Å². The number of rotatable bonds is 14. The number of carbonyl (C=O) groups excluding carboxylic acids is 1. The fourth-order valence-corrected chi connectivity index (χ4v) is 2.59. The highest BCUT2D eigenvalue weighted by Gasteiger charge is 2.06. The molecule has 6 nitrogen and oxygen atoms in total. The molecule has 0 bridgehead atoms. The summed E-state index contributed by atoms with van der Waals surface area (Å²) < 4.78 is 5.16. The molecule has 0 aliphatic carbocycles. The van der Waals surface area contributed by atoms with Gasteiger partial charge < -0.3 is 20.5 Å². The van der Waals surface area contributed by atoms with Crippen LogP contribution in [0.1, 0.15) is 25.8 Å². The Morgan fingerprint density at radius 1 is 1.25 bits per heavy atom. The van der Waals surface area contributed by atoms with Crippen molar-refractivity contribution in [2.75, 3.05) is 19.0 Å². The van der Waals surface area contributed by atoms with Crippen LogP contribution in [0.4, 0.5) is 5.69 Å². The highest BCUT2D eigenvalue weighted by atomic mass is 16.5. The molecule has 0 spiro atoms. The van der Waals surface area contributed by atoms with Gasteiger partial charge in [-0.05, 0) is 56.2 Å². The lowest BCUT2D eigenvalue weighted by molar-refractivity contribution is -0.117. The minimum absolute atomic E-state index is 0.181. The summed E-state index contributed by atoms with van der Waals surface area (Å²) in [6, 6.07) is 7.46. The number of hydrogen-bond donors (Lipinski definition) is 4. The van der Waals surface area contributed by atoms with Crippen LogP contribution in [0.15, 0.2) is 96.9 Å². The summed E-state index contributed by atoms with van der Waals surface area (Å²) in [4.78, 5) is 12.2. The number of aliphatic hydroxyl groups is 1. The molecule has 1 rings (SSSR count). The summed E-state index contributed by atoms with van der Waals surface area (Å²) in [6.07, 6.45) is 12.4. The number of carbonyl (C=O) groups is 1. The summed E-state index contributed by atoms with van der Waals surface area (Å²) in [5.41, 5.74) is 3.14. The van der Waals surface area contributed by atoms with Crippen molar-refractivity contribution in [3.63, 3.8) is 0 Å². The molecule has 32 heavy (non-hydrogen) atoms. The van der Waals surface area contributed by atoms with Crippen LogP contribution in [0.2, 0.25) is 0 Å².